The van der Waals surface area contributed by atoms with Gasteiger partial charge in [-0.1, -0.05) is 133 Å². The minimum atomic E-state index is 1.06. The van der Waals surface area contributed by atoms with E-state index >= 15 is 0 Å². The first kappa shape index (κ1) is 63.3. The largest absolute Gasteiger partial charge is 0.350 e. The van der Waals surface area contributed by atoms with Crippen molar-refractivity contribution < 1.29 is 0 Å². The van der Waals surface area contributed by atoms with Crippen LogP contribution in [-0.2, 0) is 42.3 Å². The van der Waals surface area contributed by atoms with Gasteiger partial charge < -0.3 is 27.4 Å². The Morgan fingerprint density at radius 2 is 0.591 bits per heavy atom. The lowest BCUT2D eigenvalue weighted by molar-refractivity contribution is 0.886. The van der Waals surface area contributed by atoms with Crippen molar-refractivity contribution in [1.82, 2.24) is 37.4 Å². The van der Waals surface area contributed by atoms with Crippen LogP contribution in [0.25, 0.3) is 85.9 Å². The highest BCUT2D eigenvalue weighted by Crippen LogP contribution is 2.31. The fraction of sp³-hybridized carbons (Fsp3) is 0.205. The Kier molecular flexibility index (Phi) is 20.5. The number of para-hydroxylation sites is 8. The molecule has 0 aliphatic heterocycles. The predicted molar refractivity (Wildman–Crippen MR) is 384 cm³/mol. The summed E-state index contributed by atoms with van der Waals surface area (Å²) >= 11 is 3.76. The average Bonchev–Trinajstić information content (AvgIpc) is 4.64. The minimum absolute atomic E-state index is 1.06. The average molecular weight is 1200 g/mol. The monoisotopic (exact) mass is 1200 g/mol. The highest BCUT2D eigenvalue weighted by molar-refractivity contribution is 7.19. The molecular formula is C78H84N8S2. The number of imidazole rings is 2. The maximum Gasteiger partial charge on any atom is 0.106 e. The first-order chi connectivity index (χ1) is 42.3. The number of hydrogen-bond donors (Lipinski definition) is 0. The molecule has 0 aliphatic rings. The van der Waals surface area contributed by atoms with Crippen molar-refractivity contribution in [3.05, 3.63) is 274 Å². The summed E-state index contributed by atoms with van der Waals surface area (Å²) in [4.78, 5) is 11.6. The van der Waals surface area contributed by atoms with E-state index in [-0.39, 0.29) is 0 Å². The summed E-state index contributed by atoms with van der Waals surface area (Å²) in [7, 11) is 12.4. The van der Waals surface area contributed by atoms with Crippen LogP contribution in [0.1, 0.15) is 55.0 Å². The van der Waals surface area contributed by atoms with Crippen molar-refractivity contribution in [3.8, 4) is 0 Å². The van der Waals surface area contributed by atoms with Gasteiger partial charge in [0.25, 0.3) is 0 Å². The fourth-order valence-electron chi connectivity index (χ4n) is 11.1. The number of benzene rings is 8. The zero-order valence-electron chi connectivity index (χ0n) is 54.2. The number of nitrogens with zero attached hydrogens (tertiary/aromatic N) is 8. The Bertz CT molecular complexity index is 4180. The van der Waals surface area contributed by atoms with Crippen molar-refractivity contribution in [3.63, 3.8) is 0 Å². The van der Waals surface area contributed by atoms with Crippen LogP contribution in [0, 0.1) is 69.2 Å². The third kappa shape index (κ3) is 14.4. The van der Waals surface area contributed by atoms with Gasteiger partial charge in [0, 0.05) is 118 Å². The molecule has 0 spiro atoms. The number of thiophene rings is 2. The van der Waals surface area contributed by atoms with Crippen molar-refractivity contribution in [2.45, 2.75) is 69.2 Å². The fourth-order valence-corrected chi connectivity index (χ4v) is 13.2. The molecule has 88 heavy (non-hydrogen) atoms. The summed E-state index contributed by atoms with van der Waals surface area (Å²) < 4.78 is 15.7. The van der Waals surface area contributed by atoms with Gasteiger partial charge in [0.1, 0.15) is 11.6 Å². The standard InChI is InChI=1S/4C10H11N.2C10H10S.2C9H10N2/c2*1-8-7-11(2)10-6-4-3-5-9(8)10;2*1-8-7-9-5-3-4-6-10(9)11(8)2;2*1-7-8(2)11-10-6-4-3-5-9(7)10;2*1-7-10-8-5-3-4-6-9(8)11(7)2/h4*3-7H,1-2H3;4*3-6H,1-2H3. The van der Waals surface area contributed by atoms with Crippen molar-refractivity contribution in [2.75, 3.05) is 0 Å². The molecule has 8 aromatic heterocycles. The van der Waals surface area contributed by atoms with E-state index in [0.29, 0.717) is 0 Å². The van der Waals surface area contributed by atoms with Gasteiger partial charge in [0.2, 0.25) is 0 Å². The Morgan fingerprint density at radius 3 is 0.920 bits per heavy atom. The van der Waals surface area contributed by atoms with Gasteiger partial charge in [0.15, 0.2) is 0 Å². The van der Waals surface area contributed by atoms with Crippen LogP contribution in [0.3, 0.4) is 0 Å². The van der Waals surface area contributed by atoms with Crippen LogP contribution in [-0.4, -0.2) is 37.4 Å². The van der Waals surface area contributed by atoms with E-state index in [2.05, 4.69) is 303 Å². The zero-order chi connectivity index (χ0) is 62.8. The van der Waals surface area contributed by atoms with Crippen LogP contribution < -0.4 is 0 Å². The Hall–Kier alpha value is -9.22. The summed E-state index contributed by atoms with van der Waals surface area (Å²) in [6, 6.07) is 71.6. The molecule has 0 N–H and O–H groups in total. The van der Waals surface area contributed by atoms with Crippen molar-refractivity contribution in [1.29, 1.82) is 0 Å². The molecule has 0 aliphatic carbocycles. The quantitative estimate of drug-likeness (QED) is 0.152. The number of aromatic nitrogens is 8. The molecule has 0 saturated heterocycles. The first-order valence-corrected chi connectivity index (χ1v) is 31.6. The Morgan fingerprint density at radius 1 is 0.295 bits per heavy atom. The first-order valence-electron chi connectivity index (χ1n) is 30.0. The zero-order valence-corrected chi connectivity index (χ0v) is 55.8. The molecule has 10 heteroatoms. The second-order valence-electron chi connectivity index (χ2n) is 22.7. The minimum Gasteiger partial charge on any atom is -0.350 e. The Balaban J connectivity index is 0.000000120. The van der Waals surface area contributed by atoms with Crippen molar-refractivity contribution >= 4 is 109 Å². The van der Waals surface area contributed by atoms with Gasteiger partial charge in [-0.2, -0.15) is 0 Å². The van der Waals surface area contributed by atoms with Gasteiger partial charge >= 0.3 is 0 Å². The number of aryl methyl sites for hydroxylation is 16. The summed E-state index contributed by atoms with van der Waals surface area (Å²) in [6.07, 6.45) is 4.31. The SMILES string of the molecule is Cc1cc2ccccc2n1C.Cc1cc2ccccc2n1C.Cc1cn(C)c2ccccc12.Cc1cn(C)c2ccccc12.Cc1nc2ccccc2n1C.Cc1nc2ccccc2n1C.Cc1sc2ccccc2c1C.Cc1sc2ccccc2c1C. The van der Waals surface area contributed by atoms with Crippen LogP contribution in [0.15, 0.2) is 219 Å². The molecule has 0 atom stereocenters. The van der Waals surface area contributed by atoms with Crippen LogP contribution in [0.2, 0.25) is 0 Å². The molecule has 8 heterocycles. The maximum absolute atomic E-state index is 4.38. The smallest absolute Gasteiger partial charge is 0.106 e. The van der Waals surface area contributed by atoms with E-state index in [1.807, 2.05) is 87.0 Å². The lowest BCUT2D eigenvalue weighted by Gasteiger charge is -1.96. The molecule has 16 aromatic rings. The van der Waals surface area contributed by atoms with Gasteiger partial charge in [-0.25, -0.2) is 9.97 Å². The molecule has 16 rings (SSSR count). The van der Waals surface area contributed by atoms with Gasteiger partial charge in [0.05, 0.1) is 22.1 Å². The van der Waals surface area contributed by atoms with E-state index in [9.17, 15) is 0 Å². The molecule has 8 aromatic carbocycles. The number of fused-ring (bicyclic) bond motifs is 8. The third-order valence-electron chi connectivity index (χ3n) is 16.8. The normalized spacial score (nSPS) is 10.7. The molecule has 0 fully saturated rings. The summed E-state index contributed by atoms with van der Waals surface area (Å²) in [6.45, 7) is 21.3. The maximum atomic E-state index is 4.38. The predicted octanol–water partition coefficient (Wildman–Crippen LogP) is 20.7. The van der Waals surface area contributed by atoms with Gasteiger partial charge in [-0.15, -0.1) is 22.7 Å². The van der Waals surface area contributed by atoms with E-state index in [1.165, 1.54) is 118 Å². The van der Waals surface area contributed by atoms with Crippen LogP contribution in [0.4, 0.5) is 0 Å². The molecule has 0 bridgehead atoms. The van der Waals surface area contributed by atoms with E-state index in [4.69, 9.17) is 0 Å². The molecule has 0 radical (unpaired) electrons. The summed E-state index contributed by atoms with van der Waals surface area (Å²) in [5.74, 6) is 2.12. The Labute approximate surface area is 527 Å². The molecular weight excluding hydrogens is 1110 g/mol. The van der Waals surface area contributed by atoms with Gasteiger partial charge in [-0.3, -0.25) is 0 Å². The molecule has 448 valence electrons. The molecule has 0 unspecified atom stereocenters. The lowest BCUT2D eigenvalue weighted by Crippen LogP contribution is -1.89. The number of rotatable bonds is 0. The topological polar surface area (TPSA) is 55.4 Å². The lowest BCUT2D eigenvalue weighted by atomic mass is 10.2. The van der Waals surface area contributed by atoms with E-state index in [1.54, 1.807) is 0 Å². The molecule has 0 saturated carbocycles. The van der Waals surface area contributed by atoms with Crippen LogP contribution >= 0.6 is 22.7 Å². The summed E-state index contributed by atoms with van der Waals surface area (Å²) in [5, 5.41) is 8.19. The summed E-state index contributed by atoms with van der Waals surface area (Å²) in [5.41, 5.74) is 18.0. The molecule has 8 nitrogen and oxygen atoms in total. The third-order valence-corrected chi connectivity index (χ3v) is 19.1. The molecule has 0 amide bonds. The van der Waals surface area contributed by atoms with E-state index < -0.39 is 0 Å². The van der Waals surface area contributed by atoms with Gasteiger partial charge in [-0.05, 0) is 186 Å². The second-order valence-corrected chi connectivity index (χ2v) is 25.2. The van der Waals surface area contributed by atoms with E-state index in [0.717, 1.165) is 22.7 Å². The number of hydrogen-bond acceptors (Lipinski definition) is 4. The van der Waals surface area contributed by atoms with Crippen LogP contribution in [0.5, 0.6) is 0 Å². The second kappa shape index (κ2) is 28.5. The highest BCUT2D eigenvalue weighted by atomic mass is 32.1. The van der Waals surface area contributed by atoms with Crippen molar-refractivity contribution in [2.24, 2.45) is 42.3 Å². The highest BCUT2D eigenvalue weighted by Gasteiger charge is 2.06.